The summed E-state index contributed by atoms with van der Waals surface area (Å²) in [6, 6.07) is 17.6. The van der Waals surface area contributed by atoms with E-state index in [0.29, 0.717) is 23.0 Å². The normalized spacial score (nSPS) is 11.0. The van der Waals surface area contributed by atoms with Gasteiger partial charge < -0.3 is 9.73 Å². The zero-order chi connectivity index (χ0) is 21.4. The summed E-state index contributed by atoms with van der Waals surface area (Å²) in [6.45, 7) is 3.46. The first-order chi connectivity index (χ1) is 15.1. The van der Waals surface area contributed by atoms with Crippen LogP contribution in [0.3, 0.4) is 0 Å². The van der Waals surface area contributed by atoms with E-state index < -0.39 is 0 Å². The first kappa shape index (κ1) is 18.7. The summed E-state index contributed by atoms with van der Waals surface area (Å²) >= 11 is 0. The molecule has 0 aliphatic heterocycles. The third kappa shape index (κ3) is 3.69. The summed E-state index contributed by atoms with van der Waals surface area (Å²) in [5.74, 6) is 0.952. The Morgan fingerprint density at radius 2 is 1.74 bits per heavy atom. The van der Waals surface area contributed by atoms with Crippen LogP contribution in [0.1, 0.15) is 22.1 Å². The van der Waals surface area contributed by atoms with Crippen molar-refractivity contribution in [1.82, 2.24) is 19.4 Å². The lowest BCUT2D eigenvalue weighted by atomic mass is 10.1. The minimum absolute atomic E-state index is 0.216. The van der Waals surface area contributed by atoms with Crippen molar-refractivity contribution in [3.63, 3.8) is 0 Å². The van der Waals surface area contributed by atoms with Crippen LogP contribution < -0.4 is 5.32 Å². The van der Waals surface area contributed by atoms with Gasteiger partial charge in [-0.05, 0) is 24.6 Å². The smallest absolute Gasteiger partial charge is 0.293 e. The van der Waals surface area contributed by atoms with E-state index >= 15 is 0 Å². The Morgan fingerprint density at radius 3 is 2.52 bits per heavy atom. The predicted molar refractivity (Wildman–Crippen MR) is 118 cm³/mol. The molecular weight excluding hydrogens is 390 g/mol. The number of oxazole rings is 1. The molecule has 2 aromatic carbocycles. The molecule has 0 saturated carbocycles. The molecule has 3 aromatic heterocycles. The van der Waals surface area contributed by atoms with Gasteiger partial charge in [0.15, 0.2) is 5.89 Å². The van der Waals surface area contributed by atoms with Gasteiger partial charge in [-0.2, -0.15) is 0 Å². The number of nitrogens with zero attached hydrogens (tertiary/aromatic N) is 4. The molecule has 1 amide bonds. The summed E-state index contributed by atoms with van der Waals surface area (Å²) in [5, 5.41) is 2.86. The van der Waals surface area contributed by atoms with Crippen LogP contribution in [-0.4, -0.2) is 25.3 Å². The van der Waals surface area contributed by atoms with E-state index in [4.69, 9.17) is 4.42 Å². The summed E-state index contributed by atoms with van der Waals surface area (Å²) in [4.78, 5) is 25.8. The van der Waals surface area contributed by atoms with Crippen LogP contribution in [0.25, 0.3) is 28.2 Å². The first-order valence-electron chi connectivity index (χ1n) is 9.83. The number of imidazole rings is 1. The highest BCUT2D eigenvalue weighted by Crippen LogP contribution is 2.24. The highest BCUT2D eigenvalue weighted by atomic mass is 16.4. The van der Waals surface area contributed by atoms with Crippen LogP contribution in [0, 0.1) is 13.8 Å². The predicted octanol–water partition coefficient (Wildman–Crippen LogP) is 4.92. The van der Waals surface area contributed by atoms with E-state index in [1.165, 1.54) is 0 Å². The van der Waals surface area contributed by atoms with Crippen molar-refractivity contribution in [1.29, 1.82) is 0 Å². The molecule has 7 heteroatoms. The second kappa shape index (κ2) is 7.53. The maximum Gasteiger partial charge on any atom is 0.293 e. The maximum atomic E-state index is 12.5. The lowest BCUT2D eigenvalue weighted by molar-refractivity contribution is 0.0994. The van der Waals surface area contributed by atoms with E-state index in [0.717, 1.165) is 22.4 Å². The van der Waals surface area contributed by atoms with Crippen molar-refractivity contribution in [2.75, 3.05) is 5.32 Å². The van der Waals surface area contributed by atoms with Crippen molar-refractivity contribution < 1.29 is 9.21 Å². The van der Waals surface area contributed by atoms with Crippen LogP contribution in [0.15, 0.2) is 77.6 Å². The van der Waals surface area contributed by atoms with E-state index in [9.17, 15) is 4.79 Å². The number of nitrogens with one attached hydrogen (secondary N) is 1. The summed E-state index contributed by atoms with van der Waals surface area (Å²) in [5.41, 5.74) is 4.94. The summed E-state index contributed by atoms with van der Waals surface area (Å²) in [6.07, 6.45) is 5.76. The van der Waals surface area contributed by atoms with Gasteiger partial charge in [0.1, 0.15) is 0 Å². The van der Waals surface area contributed by atoms with Gasteiger partial charge in [0.25, 0.3) is 5.91 Å². The second-order valence-corrected chi connectivity index (χ2v) is 7.22. The molecule has 0 saturated heterocycles. The Balaban J connectivity index is 1.44. The molecular formula is C24H19N5O2. The van der Waals surface area contributed by atoms with E-state index in [1.54, 1.807) is 13.8 Å². The molecule has 0 spiro atoms. The monoisotopic (exact) mass is 409 g/mol. The Bertz CT molecular complexity index is 1400. The van der Waals surface area contributed by atoms with Crippen molar-refractivity contribution >= 4 is 17.4 Å². The fraction of sp³-hybridized carbons (Fsp3) is 0.0833. The molecule has 152 valence electrons. The molecule has 5 rings (SSSR count). The van der Waals surface area contributed by atoms with Gasteiger partial charge in [-0.25, -0.2) is 15.0 Å². The molecule has 0 fully saturated rings. The SMILES string of the molecule is Cc1nc(C)c(C(=O)Nc2cccc(-c3cn4cc(-c5ccccc5)cnc4n3)c2)o1. The van der Waals surface area contributed by atoms with Gasteiger partial charge >= 0.3 is 0 Å². The molecule has 1 N–H and O–H groups in total. The lowest BCUT2D eigenvalue weighted by Gasteiger charge is -2.05. The number of carbonyl (C=O) groups excluding carboxylic acids is 1. The molecule has 0 atom stereocenters. The zero-order valence-electron chi connectivity index (χ0n) is 17.0. The number of amides is 1. The van der Waals surface area contributed by atoms with Gasteiger partial charge in [0, 0.05) is 42.3 Å². The van der Waals surface area contributed by atoms with E-state index in [1.807, 2.05) is 77.6 Å². The molecule has 31 heavy (non-hydrogen) atoms. The van der Waals surface area contributed by atoms with Gasteiger partial charge in [0.05, 0.1) is 11.4 Å². The maximum absolute atomic E-state index is 12.5. The first-order valence-corrected chi connectivity index (χ1v) is 9.83. The molecule has 5 aromatic rings. The van der Waals surface area contributed by atoms with Crippen LogP contribution in [0.5, 0.6) is 0 Å². The number of aromatic nitrogens is 4. The Morgan fingerprint density at radius 1 is 0.935 bits per heavy atom. The van der Waals surface area contributed by atoms with Crippen LogP contribution in [0.2, 0.25) is 0 Å². The number of aryl methyl sites for hydroxylation is 2. The Hall–Kier alpha value is -4.26. The molecule has 3 heterocycles. The fourth-order valence-electron chi connectivity index (χ4n) is 3.49. The van der Waals surface area contributed by atoms with Crippen molar-refractivity contribution in [2.24, 2.45) is 0 Å². The van der Waals surface area contributed by atoms with Gasteiger partial charge in [0.2, 0.25) is 11.5 Å². The highest BCUT2D eigenvalue weighted by Gasteiger charge is 2.16. The fourth-order valence-corrected chi connectivity index (χ4v) is 3.49. The van der Waals surface area contributed by atoms with Gasteiger partial charge in [-0.15, -0.1) is 0 Å². The summed E-state index contributed by atoms with van der Waals surface area (Å²) < 4.78 is 7.31. The Labute approximate surface area is 178 Å². The number of fused-ring (bicyclic) bond motifs is 1. The lowest BCUT2D eigenvalue weighted by Crippen LogP contribution is -2.12. The van der Waals surface area contributed by atoms with Crippen molar-refractivity contribution in [2.45, 2.75) is 13.8 Å². The highest BCUT2D eigenvalue weighted by molar-refractivity contribution is 6.03. The van der Waals surface area contributed by atoms with E-state index in [2.05, 4.69) is 20.3 Å². The third-order valence-corrected chi connectivity index (χ3v) is 4.94. The number of carbonyl (C=O) groups is 1. The zero-order valence-corrected chi connectivity index (χ0v) is 17.0. The molecule has 7 nitrogen and oxygen atoms in total. The average Bonchev–Trinajstić information content (AvgIpc) is 3.36. The third-order valence-electron chi connectivity index (χ3n) is 4.94. The standard InChI is InChI=1S/C24H19N5O2/c1-15-22(31-16(2)26-15)23(30)27-20-10-6-9-18(11-20)21-14-29-13-19(12-25-24(29)28-21)17-7-4-3-5-8-17/h3-14H,1-2H3,(H,27,30). The van der Waals surface area contributed by atoms with E-state index in [-0.39, 0.29) is 11.7 Å². The van der Waals surface area contributed by atoms with Crippen LogP contribution in [-0.2, 0) is 0 Å². The average molecular weight is 409 g/mol. The van der Waals surface area contributed by atoms with Gasteiger partial charge in [-0.1, -0.05) is 42.5 Å². The second-order valence-electron chi connectivity index (χ2n) is 7.22. The van der Waals surface area contributed by atoms with Gasteiger partial charge in [-0.3, -0.25) is 9.20 Å². The van der Waals surface area contributed by atoms with Crippen LogP contribution >= 0.6 is 0 Å². The largest absolute Gasteiger partial charge is 0.436 e. The molecule has 0 radical (unpaired) electrons. The molecule has 0 bridgehead atoms. The Kier molecular flexibility index (Phi) is 4.55. The molecule has 0 aliphatic carbocycles. The number of hydrogen-bond acceptors (Lipinski definition) is 5. The minimum Gasteiger partial charge on any atom is -0.436 e. The van der Waals surface area contributed by atoms with Crippen LogP contribution in [0.4, 0.5) is 5.69 Å². The van der Waals surface area contributed by atoms with Crippen molar-refractivity contribution in [3.05, 3.63) is 90.5 Å². The number of anilines is 1. The number of benzene rings is 2. The minimum atomic E-state index is -0.334. The van der Waals surface area contributed by atoms with Crippen molar-refractivity contribution in [3.8, 4) is 22.4 Å². The molecule has 0 aliphatic rings. The molecule has 0 unspecified atom stereocenters. The number of hydrogen-bond donors (Lipinski definition) is 1. The topological polar surface area (TPSA) is 85.3 Å². The number of rotatable bonds is 4. The summed E-state index contributed by atoms with van der Waals surface area (Å²) in [7, 11) is 0. The quantitative estimate of drug-likeness (QED) is 0.455.